The molecule has 1 aliphatic heterocycles. The Morgan fingerprint density at radius 3 is 2.47 bits per heavy atom. The van der Waals surface area contributed by atoms with Gasteiger partial charge in [-0.1, -0.05) is 6.07 Å². The molecule has 1 heterocycles. The molecule has 1 aromatic carbocycles. The lowest BCUT2D eigenvalue weighted by Gasteiger charge is -2.29. The first kappa shape index (κ1) is 14.2. The van der Waals surface area contributed by atoms with Gasteiger partial charge in [-0.05, 0) is 18.2 Å². The van der Waals surface area contributed by atoms with Crippen molar-refractivity contribution in [2.24, 2.45) is 5.14 Å². The number of anilines is 1. The molecule has 0 radical (unpaired) electrons. The van der Waals surface area contributed by atoms with Crippen molar-refractivity contribution in [1.29, 1.82) is 0 Å². The molecule has 17 heavy (non-hydrogen) atoms. The summed E-state index contributed by atoms with van der Waals surface area (Å²) in [5, 5.41) is 8.34. The van der Waals surface area contributed by atoms with Gasteiger partial charge in [0.15, 0.2) is 0 Å². The Bertz CT molecular complexity index is 472. The van der Waals surface area contributed by atoms with Crippen molar-refractivity contribution in [2.45, 2.75) is 4.90 Å². The van der Waals surface area contributed by atoms with Gasteiger partial charge in [0.2, 0.25) is 10.0 Å². The van der Waals surface area contributed by atoms with Crippen LogP contribution in [0.1, 0.15) is 0 Å². The monoisotopic (exact) mass is 277 g/mol. The van der Waals surface area contributed by atoms with E-state index >= 15 is 0 Å². The Hall–Kier alpha value is -0.820. The highest BCUT2D eigenvalue weighted by atomic mass is 35.5. The molecule has 0 amide bonds. The Labute approximate surface area is 107 Å². The summed E-state index contributed by atoms with van der Waals surface area (Å²) in [4.78, 5) is 2.31. The minimum absolute atomic E-state index is 0. The third kappa shape index (κ3) is 3.57. The molecular formula is C10H16ClN3O2S. The van der Waals surface area contributed by atoms with Gasteiger partial charge in [0, 0.05) is 31.9 Å². The van der Waals surface area contributed by atoms with E-state index in [0.717, 1.165) is 31.9 Å². The molecule has 1 aliphatic rings. The largest absolute Gasteiger partial charge is 0.369 e. The Balaban J connectivity index is 0.00000144. The van der Waals surface area contributed by atoms with Gasteiger partial charge in [0.25, 0.3) is 0 Å². The molecule has 1 aromatic rings. The van der Waals surface area contributed by atoms with E-state index in [9.17, 15) is 8.42 Å². The van der Waals surface area contributed by atoms with Crippen LogP contribution in [0.3, 0.4) is 0 Å². The summed E-state index contributed by atoms with van der Waals surface area (Å²) in [6.07, 6.45) is 0. The minimum atomic E-state index is -3.61. The number of benzene rings is 1. The summed E-state index contributed by atoms with van der Waals surface area (Å²) in [5.41, 5.74) is 0.910. The van der Waals surface area contributed by atoms with Gasteiger partial charge in [-0.3, -0.25) is 0 Å². The van der Waals surface area contributed by atoms with Crippen LogP contribution in [0.4, 0.5) is 5.69 Å². The second kappa shape index (κ2) is 5.68. The van der Waals surface area contributed by atoms with Crippen LogP contribution in [0.15, 0.2) is 29.2 Å². The van der Waals surface area contributed by atoms with E-state index < -0.39 is 10.0 Å². The second-order valence-corrected chi connectivity index (χ2v) is 5.34. The molecular weight excluding hydrogens is 262 g/mol. The standard InChI is InChI=1S/C10H15N3O2S.ClH/c11-16(14,15)10-3-1-2-9(8-10)13-6-4-12-5-7-13;/h1-3,8,12H,4-7H2,(H2,11,14,15);1H. The van der Waals surface area contributed by atoms with Gasteiger partial charge >= 0.3 is 0 Å². The minimum Gasteiger partial charge on any atom is -0.369 e. The third-order valence-corrected chi connectivity index (χ3v) is 3.54. The molecule has 0 bridgehead atoms. The summed E-state index contributed by atoms with van der Waals surface area (Å²) >= 11 is 0. The van der Waals surface area contributed by atoms with Crippen LogP contribution in [-0.4, -0.2) is 34.6 Å². The Morgan fingerprint density at radius 2 is 1.88 bits per heavy atom. The summed E-state index contributed by atoms with van der Waals surface area (Å²) in [5.74, 6) is 0. The van der Waals surface area contributed by atoms with E-state index in [1.54, 1.807) is 12.1 Å². The fourth-order valence-electron chi connectivity index (χ4n) is 1.78. The fourth-order valence-corrected chi connectivity index (χ4v) is 2.33. The van der Waals surface area contributed by atoms with Crippen LogP contribution in [0.2, 0.25) is 0 Å². The number of halogens is 1. The second-order valence-electron chi connectivity index (χ2n) is 3.78. The maximum absolute atomic E-state index is 11.2. The first-order valence-corrected chi connectivity index (χ1v) is 6.70. The molecule has 0 aliphatic carbocycles. The van der Waals surface area contributed by atoms with E-state index in [0.29, 0.717) is 0 Å². The van der Waals surface area contributed by atoms with E-state index in [2.05, 4.69) is 10.2 Å². The first-order chi connectivity index (χ1) is 7.57. The van der Waals surface area contributed by atoms with E-state index in [-0.39, 0.29) is 17.3 Å². The van der Waals surface area contributed by atoms with Crippen LogP contribution >= 0.6 is 12.4 Å². The average molecular weight is 278 g/mol. The van der Waals surface area contributed by atoms with Crippen LogP contribution in [0.5, 0.6) is 0 Å². The zero-order chi connectivity index (χ0) is 11.6. The number of hydrogen-bond donors (Lipinski definition) is 2. The maximum Gasteiger partial charge on any atom is 0.238 e. The van der Waals surface area contributed by atoms with Gasteiger partial charge in [-0.25, -0.2) is 13.6 Å². The highest BCUT2D eigenvalue weighted by Gasteiger charge is 2.13. The maximum atomic E-state index is 11.2. The van der Waals surface area contributed by atoms with Crippen molar-refractivity contribution >= 4 is 28.1 Å². The molecule has 1 fully saturated rings. The number of nitrogens with two attached hydrogens (primary N) is 1. The summed E-state index contributed by atoms with van der Waals surface area (Å²) < 4.78 is 22.4. The molecule has 0 unspecified atom stereocenters. The summed E-state index contributed by atoms with van der Waals surface area (Å²) in [6, 6.07) is 6.76. The lowest BCUT2D eigenvalue weighted by Crippen LogP contribution is -2.43. The van der Waals surface area contributed by atoms with Gasteiger partial charge in [0.05, 0.1) is 4.90 Å². The van der Waals surface area contributed by atoms with Crippen molar-refractivity contribution in [2.75, 3.05) is 31.1 Å². The van der Waals surface area contributed by atoms with Crippen molar-refractivity contribution < 1.29 is 8.42 Å². The highest BCUT2D eigenvalue weighted by molar-refractivity contribution is 7.89. The van der Waals surface area contributed by atoms with Crippen LogP contribution in [-0.2, 0) is 10.0 Å². The smallest absolute Gasteiger partial charge is 0.238 e. The van der Waals surface area contributed by atoms with E-state index in [1.807, 2.05) is 6.07 Å². The zero-order valence-electron chi connectivity index (χ0n) is 9.30. The van der Waals surface area contributed by atoms with E-state index in [1.165, 1.54) is 6.07 Å². The molecule has 0 spiro atoms. The van der Waals surface area contributed by atoms with Gasteiger partial charge in [-0.15, -0.1) is 12.4 Å². The lowest BCUT2D eigenvalue weighted by molar-refractivity contribution is 0.587. The van der Waals surface area contributed by atoms with Crippen LogP contribution in [0.25, 0.3) is 0 Å². The molecule has 0 atom stereocenters. The predicted molar refractivity (Wildman–Crippen MR) is 70.1 cm³/mol. The zero-order valence-corrected chi connectivity index (χ0v) is 10.9. The van der Waals surface area contributed by atoms with Gasteiger partial charge in [-0.2, -0.15) is 0 Å². The number of hydrogen-bond acceptors (Lipinski definition) is 4. The van der Waals surface area contributed by atoms with Crippen molar-refractivity contribution in [3.63, 3.8) is 0 Å². The lowest BCUT2D eigenvalue weighted by atomic mass is 10.2. The van der Waals surface area contributed by atoms with Crippen molar-refractivity contribution in [3.8, 4) is 0 Å². The van der Waals surface area contributed by atoms with Gasteiger partial charge < -0.3 is 10.2 Å². The topological polar surface area (TPSA) is 75.4 Å². The molecule has 2 rings (SSSR count). The number of primary sulfonamides is 1. The molecule has 1 saturated heterocycles. The summed E-state index contributed by atoms with van der Waals surface area (Å²) in [7, 11) is -3.61. The number of rotatable bonds is 2. The number of nitrogens with zero attached hydrogens (tertiary/aromatic N) is 1. The van der Waals surface area contributed by atoms with Gasteiger partial charge in [0.1, 0.15) is 0 Å². The Morgan fingerprint density at radius 1 is 1.24 bits per heavy atom. The van der Waals surface area contributed by atoms with E-state index in [4.69, 9.17) is 5.14 Å². The Kier molecular flexibility index (Phi) is 4.76. The SMILES string of the molecule is Cl.NS(=O)(=O)c1cccc(N2CCNCC2)c1. The van der Waals surface area contributed by atoms with Crippen LogP contribution in [0, 0.1) is 0 Å². The molecule has 5 nitrogen and oxygen atoms in total. The quantitative estimate of drug-likeness (QED) is 0.808. The third-order valence-electron chi connectivity index (χ3n) is 2.63. The molecule has 0 aromatic heterocycles. The molecule has 3 N–H and O–H groups in total. The predicted octanol–water partition coefficient (Wildman–Crippen LogP) is 0.165. The fraction of sp³-hybridized carbons (Fsp3) is 0.400. The number of nitrogens with one attached hydrogen (secondary N) is 1. The first-order valence-electron chi connectivity index (χ1n) is 5.16. The highest BCUT2D eigenvalue weighted by Crippen LogP contribution is 2.18. The normalized spacial score (nSPS) is 16.4. The van der Waals surface area contributed by atoms with Crippen molar-refractivity contribution in [3.05, 3.63) is 24.3 Å². The van der Waals surface area contributed by atoms with Crippen LogP contribution < -0.4 is 15.4 Å². The number of piperazine rings is 1. The molecule has 7 heteroatoms. The summed E-state index contributed by atoms with van der Waals surface area (Å²) in [6.45, 7) is 3.60. The average Bonchev–Trinajstić information content (AvgIpc) is 2.29. The van der Waals surface area contributed by atoms with Crippen molar-refractivity contribution in [1.82, 2.24) is 5.32 Å². The molecule has 96 valence electrons. The molecule has 0 saturated carbocycles. The number of sulfonamides is 1.